The number of aliphatic carboxylic acids is 1. The molecule has 1 aromatic carbocycles. The molecule has 1 amide bonds. The van der Waals surface area contributed by atoms with Gasteiger partial charge in [0.25, 0.3) is 5.91 Å². The lowest BCUT2D eigenvalue weighted by atomic mass is 9.78. The Bertz CT molecular complexity index is 1770. The van der Waals surface area contributed by atoms with Crippen LogP contribution >= 0.6 is 0 Å². The lowest BCUT2D eigenvalue weighted by Crippen LogP contribution is -2.55. The van der Waals surface area contributed by atoms with Crippen LogP contribution in [-0.4, -0.2) is 73.6 Å². The maximum atomic E-state index is 13.1. The van der Waals surface area contributed by atoms with Crippen LogP contribution in [0.4, 0.5) is 24.8 Å². The molecule has 1 saturated carbocycles. The number of amides is 1. The van der Waals surface area contributed by atoms with Crippen molar-refractivity contribution >= 4 is 29.0 Å². The summed E-state index contributed by atoms with van der Waals surface area (Å²) in [6.45, 7) is 2.98. The summed E-state index contributed by atoms with van der Waals surface area (Å²) in [7, 11) is 1.42. The third-order valence-corrected chi connectivity index (χ3v) is 8.36. The van der Waals surface area contributed by atoms with Gasteiger partial charge in [-0.2, -0.15) is 13.2 Å². The van der Waals surface area contributed by atoms with Gasteiger partial charge in [-0.15, -0.1) is 0 Å². The number of aromatic nitrogens is 4. The van der Waals surface area contributed by atoms with Gasteiger partial charge in [-0.1, -0.05) is 0 Å². The number of nitrogen functional groups attached to an aromatic ring is 1. The number of imidazole rings is 1. The molecule has 15 heteroatoms. The zero-order chi connectivity index (χ0) is 32.0. The summed E-state index contributed by atoms with van der Waals surface area (Å²) in [6.07, 6.45) is 0.367. The predicted molar refractivity (Wildman–Crippen MR) is 156 cm³/mol. The van der Waals surface area contributed by atoms with Gasteiger partial charge in [0.05, 0.1) is 25.2 Å². The number of alkyl halides is 3. The zero-order valence-corrected chi connectivity index (χ0v) is 24.3. The molecule has 1 aliphatic carbocycles. The summed E-state index contributed by atoms with van der Waals surface area (Å²) in [5, 5.41) is 11.7. The van der Waals surface area contributed by atoms with E-state index in [4.69, 9.17) is 20.2 Å². The number of ether oxygens (including phenoxy) is 2. The SMILES string of the molecule is COc1cc(C(=O)Nc2cc(C(F)(F)F)ccn2)ccc1-c1nc([C@H]2CN(C3CC(C(=O)O)C3)[C@@H](C)CO2)n2ccnc(N)c12. The summed E-state index contributed by atoms with van der Waals surface area (Å²) in [4.78, 5) is 39.6. The van der Waals surface area contributed by atoms with Crippen LogP contribution < -0.4 is 15.8 Å². The van der Waals surface area contributed by atoms with Crippen molar-refractivity contribution in [2.45, 2.75) is 44.1 Å². The Hall–Kier alpha value is -4.76. The number of methoxy groups -OCH3 is 1. The number of anilines is 2. The number of fused-ring (bicyclic) bond motifs is 1. The number of pyridine rings is 1. The van der Waals surface area contributed by atoms with E-state index < -0.39 is 29.7 Å². The lowest BCUT2D eigenvalue weighted by Gasteiger charge is -2.47. The van der Waals surface area contributed by atoms with Crippen molar-refractivity contribution in [1.29, 1.82) is 0 Å². The molecule has 4 aromatic rings. The Kier molecular flexibility index (Phi) is 7.82. The van der Waals surface area contributed by atoms with Crippen LogP contribution in [0.5, 0.6) is 5.75 Å². The van der Waals surface area contributed by atoms with Crippen molar-refractivity contribution < 1.29 is 37.3 Å². The van der Waals surface area contributed by atoms with Gasteiger partial charge in [0.1, 0.15) is 40.5 Å². The molecule has 2 aliphatic rings. The fourth-order valence-corrected chi connectivity index (χ4v) is 5.89. The van der Waals surface area contributed by atoms with Crippen LogP contribution in [-0.2, 0) is 15.7 Å². The van der Waals surface area contributed by atoms with E-state index in [0.717, 1.165) is 18.3 Å². The molecule has 4 heterocycles. The molecule has 2 fully saturated rings. The van der Waals surface area contributed by atoms with Gasteiger partial charge in [0.2, 0.25) is 0 Å². The molecule has 2 atom stereocenters. The second-order valence-electron chi connectivity index (χ2n) is 11.2. The number of nitrogens with two attached hydrogens (primary N) is 1. The van der Waals surface area contributed by atoms with Crippen molar-refractivity contribution in [3.63, 3.8) is 0 Å². The Morgan fingerprint density at radius 3 is 2.64 bits per heavy atom. The quantitative estimate of drug-likeness (QED) is 0.271. The molecule has 1 saturated heterocycles. The van der Waals surface area contributed by atoms with Gasteiger partial charge in [0.15, 0.2) is 0 Å². The second-order valence-corrected chi connectivity index (χ2v) is 11.2. The molecule has 0 bridgehead atoms. The van der Waals surface area contributed by atoms with Gasteiger partial charge >= 0.3 is 12.1 Å². The molecular weight excluding hydrogens is 595 g/mol. The summed E-state index contributed by atoms with van der Waals surface area (Å²) in [5.41, 5.74) is 6.94. The number of carbonyl (C=O) groups excluding carboxylic acids is 1. The molecule has 6 rings (SSSR count). The zero-order valence-electron chi connectivity index (χ0n) is 24.3. The van der Waals surface area contributed by atoms with E-state index in [1.807, 2.05) is 6.92 Å². The van der Waals surface area contributed by atoms with E-state index >= 15 is 0 Å². The Labute approximate surface area is 255 Å². The summed E-state index contributed by atoms with van der Waals surface area (Å²) < 4.78 is 53.0. The number of nitrogens with zero attached hydrogens (tertiary/aromatic N) is 5. The van der Waals surface area contributed by atoms with Crippen molar-refractivity contribution in [3.05, 3.63) is 65.9 Å². The number of hydrogen-bond acceptors (Lipinski definition) is 9. The van der Waals surface area contributed by atoms with E-state index in [-0.39, 0.29) is 41.0 Å². The number of morpholine rings is 1. The minimum absolute atomic E-state index is 0.100. The van der Waals surface area contributed by atoms with E-state index in [1.165, 1.54) is 19.2 Å². The van der Waals surface area contributed by atoms with Crippen LogP contribution in [0, 0.1) is 5.92 Å². The number of nitrogens with one attached hydrogen (secondary N) is 1. The fraction of sp³-hybridized carbons (Fsp3) is 0.367. The van der Waals surface area contributed by atoms with Crippen LogP contribution in [0.25, 0.3) is 16.8 Å². The van der Waals surface area contributed by atoms with Gasteiger partial charge in [-0.3, -0.25) is 18.9 Å². The fourth-order valence-electron chi connectivity index (χ4n) is 5.89. The van der Waals surface area contributed by atoms with Crippen molar-refractivity contribution in [2.24, 2.45) is 5.92 Å². The first-order valence-corrected chi connectivity index (χ1v) is 14.2. The van der Waals surface area contributed by atoms with Gasteiger partial charge < -0.3 is 25.6 Å². The topological polar surface area (TPSA) is 157 Å². The number of hydrogen-bond donors (Lipinski definition) is 3. The predicted octanol–water partition coefficient (Wildman–Crippen LogP) is 4.28. The molecule has 3 aromatic heterocycles. The minimum atomic E-state index is -4.59. The standard InChI is InChI=1S/C30H30F3N7O5/c1-15-14-45-22(13-40(15)19-9-17(10-19)29(42)43)27-38-24(25-26(34)36-7-8-39(25)27)20-4-3-16(11-21(20)44-2)28(41)37-23-12-18(5-6-35-23)30(31,32)33/h3-8,11-12,15,17,19,22H,9-10,13-14H2,1-2H3,(H2,34,36)(H,42,43)(H,35,37,41)/t15-,17?,19?,22+/m0/s1. The van der Waals surface area contributed by atoms with Crippen LogP contribution in [0.2, 0.25) is 0 Å². The van der Waals surface area contributed by atoms with Crippen LogP contribution in [0.3, 0.4) is 0 Å². The third-order valence-electron chi connectivity index (χ3n) is 8.36. The monoisotopic (exact) mass is 625 g/mol. The number of carboxylic acids is 1. The molecular formula is C30H30F3N7O5. The first-order valence-electron chi connectivity index (χ1n) is 14.2. The van der Waals surface area contributed by atoms with Gasteiger partial charge in [-0.05, 0) is 50.1 Å². The van der Waals surface area contributed by atoms with Gasteiger partial charge in [-0.25, -0.2) is 15.0 Å². The van der Waals surface area contributed by atoms with Crippen molar-refractivity contribution in [3.8, 4) is 17.0 Å². The molecule has 236 valence electrons. The molecule has 45 heavy (non-hydrogen) atoms. The van der Waals surface area contributed by atoms with E-state index in [1.54, 1.807) is 22.9 Å². The minimum Gasteiger partial charge on any atom is -0.496 e. The average molecular weight is 626 g/mol. The molecule has 1 aliphatic heterocycles. The van der Waals surface area contributed by atoms with E-state index in [2.05, 4.69) is 20.2 Å². The van der Waals surface area contributed by atoms with E-state index in [0.29, 0.717) is 48.6 Å². The van der Waals surface area contributed by atoms with E-state index in [9.17, 15) is 27.9 Å². The van der Waals surface area contributed by atoms with Crippen LogP contribution in [0.1, 0.15) is 47.6 Å². The van der Waals surface area contributed by atoms with Crippen LogP contribution in [0.15, 0.2) is 48.9 Å². The highest BCUT2D eigenvalue weighted by Crippen LogP contribution is 2.40. The first-order chi connectivity index (χ1) is 21.4. The Balaban J connectivity index is 1.30. The lowest BCUT2D eigenvalue weighted by molar-refractivity contribution is -0.151. The average Bonchev–Trinajstić information content (AvgIpc) is 3.37. The maximum absolute atomic E-state index is 13.1. The number of halogens is 3. The maximum Gasteiger partial charge on any atom is 0.416 e. The number of carbonyl (C=O) groups is 2. The summed E-state index contributed by atoms with van der Waals surface area (Å²) >= 11 is 0. The second kappa shape index (κ2) is 11.6. The highest BCUT2D eigenvalue weighted by atomic mass is 19.4. The third kappa shape index (κ3) is 5.76. The normalized spacial score (nSPS) is 22.2. The molecule has 12 nitrogen and oxygen atoms in total. The first kappa shape index (κ1) is 30.3. The Morgan fingerprint density at radius 2 is 1.93 bits per heavy atom. The Morgan fingerprint density at radius 1 is 1.16 bits per heavy atom. The molecule has 0 spiro atoms. The smallest absolute Gasteiger partial charge is 0.416 e. The van der Waals surface area contributed by atoms with Crippen molar-refractivity contribution in [2.75, 3.05) is 31.3 Å². The summed E-state index contributed by atoms with van der Waals surface area (Å²) in [5.74, 6) is -1.02. The number of benzene rings is 1. The highest BCUT2D eigenvalue weighted by Gasteiger charge is 2.43. The van der Waals surface area contributed by atoms with Gasteiger partial charge in [0, 0.05) is 48.3 Å². The molecule has 0 unspecified atom stereocenters. The van der Waals surface area contributed by atoms with Crippen molar-refractivity contribution in [1.82, 2.24) is 24.3 Å². The summed E-state index contributed by atoms with van der Waals surface area (Å²) in [6, 6.07) is 6.36. The number of rotatable bonds is 7. The molecule has 4 N–H and O–H groups in total. The molecule has 0 radical (unpaired) electrons. The number of carboxylic acid groups (broad SMARTS) is 1. The highest BCUT2D eigenvalue weighted by molar-refractivity contribution is 6.04. The largest absolute Gasteiger partial charge is 0.496 e.